The average Bonchev–Trinajstić information content (AvgIpc) is 2.82. The molecule has 0 heterocycles. The molecule has 8 nitrogen and oxygen atoms in total. The number of nitrogens with zero attached hydrogens (tertiary/aromatic N) is 1. The number of rotatable bonds is 9. The monoisotopic (exact) mass is 499 g/mol. The first-order chi connectivity index (χ1) is 16.1. The summed E-state index contributed by atoms with van der Waals surface area (Å²) in [5.41, 5.74) is 6.92. The van der Waals surface area contributed by atoms with Crippen LogP contribution in [0.5, 0.6) is 5.75 Å². The van der Waals surface area contributed by atoms with Crippen LogP contribution in [0.1, 0.15) is 15.9 Å². The number of hydrogen-bond donors (Lipinski definition) is 2. The lowest BCUT2D eigenvalue weighted by atomic mass is 10.1. The Balaban J connectivity index is 1.92. The molecule has 0 spiro atoms. The van der Waals surface area contributed by atoms with Gasteiger partial charge in [-0.3, -0.25) is 13.9 Å². The van der Waals surface area contributed by atoms with Crippen LogP contribution in [0, 0.1) is 6.92 Å². The van der Waals surface area contributed by atoms with Crippen LogP contribution in [0.4, 0.5) is 11.4 Å². The largest absolute Gasteiger partial charge is 0.495 e. The van der Waals surface area contributed by atoms with Crippen LogP contribution in [0.2, 0.25) is 0 Å². The molecule has 0 bridgehead atoms. The summed E-state index contributed by atoms with van der Waals surface area (Å²) in [4.78, 5) is 24.9. The molecule has 3 aromatic carbocycles. The van der Waals surface area contributed by atoms with Crippen LogP contribution in [0.25, 0.3) is 0 Å². The Morgan fingerprint density at radius 1 is 1.06 bits per heavy atom. The molecule has 0 aliphatic carbocycles. The third-order valence-electron chi connectivity index (χ3n) is 5.04. The van der Waals surface area contributed by atoms with Crippen molar-refractivity contribution in [1.29, 1.82) is 0 Å². The van der Waals surface area contributed by atoms with Crippen molar-refractivity contribution in [1.82, 2.24) is 0 Å². The quantitative estimate of drug-likeness (QED) is 0.434. The number of carbonyl (C=O) groups is 2. The molecule has 0 unspecified atom stereocenters. The predicted octanol–water partition coefficient (Wildman–Crippen LogP) is 3.66. The van der Waals surface area contributed by atoms with E-state index in [2.05, 4.69) is 5.32 Å². The van der Waals surface area contributed by atoms with Gasteiger partial charge in [-0.1, -0.05) is 30.3 Å². The molecule has 0 aliphatic rings. The zero-order valence-corrected chi connectivity index (χ0v) is 20.6. The van der Waals surface area contributed by atoms with Gasteiger partial charge in [0.25, 0.3) is 15.9 Å². The maximum atomic E-state index is 13.3. The van der Waals surface area contributed by atoms with Gasteiger partial charge in [0.05, 0.1) is 29.1 Å². The molecule has 178 valence electrons. The second kappa shape index (κ2) is 10.6. The van der Waals surface area contributed by atoms with Crippen LogP contribution in [0.15, 0.2) is 76.5 Å². The van der Waals surface area contributed by atoms with E-state index in [4.69, 9.17) is 10.5 Å². The molecule has 10 heteroatoms. The minimum atomic E-state index is -3.98. The van der Waals surface area contributed by atoms with Crippen molar-refractivity contribution in [2.75, 3.05) is 29.5 Å². The summed E-state index contributed by atoms with van der Waals surface area (Å²) in [6.45, 7) is 1.73. The topological polar surface area (TPSA) is 119 Å². The lowest BCUT2D eigenvalue weighted by molar-refractivity contribution is -0.115. The summed E-state index contributed by atoms with van der Waals surface area (Å²) in [6.07, 6.45) is 0. The first kappa shape index (κ1) is 25.1. The lowest BCUT2D eigenvalue weighted by Gasteiger charge is -2.22. The fraction of sp³-hybridized carbons (Fsp3) is 0.167. The average molecular weight is 500 g/mol. The van der Waals surface area contributed by atoms with E-state index in [1.165, 1.54) is 38.1 Å². The molecule has 2 amide bonds. The smallest absolute Gasteiger partial charge is 0.264 e. The van der Waals surface area contributed by atoms with E-state index in [1.54, 1.807) is 61.5 Å². The Bertz CT molecular complexity index is 1330. The zero-order valence-electron chi connectivity index (χ0n) is 18.9. The minimum absolute atomic E-state index is 0.0342. The van der Waals surface area contributed by atoms with Crippen molar-refractivity contribution in [3.8, 4) is 5.75 Å². The van der Waals surface area contributed by atoms with Crippen molar-refractivity contribution in [3.05, 3.63) is 77.9 Å². The van der Waals surface area contributed by atoms with Gasteiger partial charge < -0.3 is 15.8 Å². The molecule has 0 radical (unpaired) electrons. The van der Waals surface area contributed by atoms with E-state index in [0.717, 1.165) is 4.31 Å². The Labute approximate surface area is 203 Å². The number of aryl methyl sites for hydroxylation is 1. The van der Waals surface area contributed by atoms with Gasteiger partial charge in [0.15, 0.2) is 0 Å². The highest BCUT2D eigenvalue weighted by molar-refractivity contribution is 8.00. The minimum Gasteiger partial charge on any atom is -0.495 e. The van der Waals surface area contributed by atoms with Gasteiger partial charge in [-0.2, -0.15) is 0 Å². The van der Waals surface area contributed by atoms with Gasteiger partial charge in [0.2, 0.25) is 5.91 Å². The van der Waals surface area contributed by atoms with Crippen LogP contribution >= 0.6 is 11.8 Å². The van der Waals surface area contributed by atoms with Crippen molar-refractivity contribution >= 4 is 45.0 Å². The van der Waals surface area contributed by atoms with Crippen LogP contribution in [-0.4, -0.2) is 40.1 Å². The Morgan fingerprint density at radius 2 is 1.74 bits per heavy atom. The number of benzene rings is 3. The number of thioether (sulfide) groups is 1. The van der Waals surface area contributed by atoms with E-state index in [0.29, 0.717) is 27.6 Å². The van der Waals surface area contributed by atoms with E-state index >= 15 is 0 Å². The molecule has 0 aromatic heterocycles. The van der Waals surface area contributed by atoms with E-state index in [1.807, 2.05) is 0 Å². The van der Waals surface area contributed by atoms with Crippen molar-refractivity contribution in [3.63, 3.8) is 0 Å². The van der Waals surface area contributed by atoms with Crippen molar-refractivity contribution < 1.29 is 22.7 Å². The third-order valence-corrected chi connectivity index (χ3v) is 7.90. The molecule has 0 atom stereocenters. The summed E-state index contributed by atoms with van der Waals surface area (Å²) in [5, 5.41) is 2.81. The molecule has 3 rings (SSSR count). The molecule has 3 N–H and O–H groups in total. The molecule has 34 heavy (non-hydrogen) atoms. The van der Waals surface area contributed by atoms with Crippen LogP contribution in [0.3, 0.4) is 0 Å². The maximum absolute atomic E-state index is 13.3. The van der Waals surface area contributed by atoms with Crippen molar-refractivity contribution in [2.45, 2.75) is 16.7 Å². The second-order valence-corrected chi connectivity index (χ2v) is 10.3. The Morgan fingerprint density at radius 3 is 2.44 bits per heavy atom. The number of nitrogens with two attached hydrogens (primary N) is 1. The highest BCUT2D eigenvalue weighted by Crippen LogP contribution is 2.32. The number of primary amides is 1. The first-order valence-electron chi connectivity index (χ1n) is 10.2. The van der Waals surface area contributed by atoms with E-state index in [9.17, 15) is 18.0 Å². The molecule has 0 aliphatic heterocycles. The number of para-hydroxylation sites is 3. The number of amides is 2. The third kappa shape index (κ3) is 5.52. The summed E-state index contributed by atoms with van der Waals surface area (Å²) >= 11 is 1.21. The number of methoxy groups -OCH3 is 1. The fourth-order valence-electron chi connectivity index (χ4n) is 3.22. The standard InChI is InChI=1S/C24H25N3O5S2/c1-16-12-13-17(34(30,31)27(2)20-9-5-6-10-21(20)32-3)14-18(16)24(29)26-19-8-4-7-11-22(19)33-15-23(25)28/h4-14H,15H2,1-3H3,(H2,25,28)(H,26,29). The van der Waals surface area contributed by atoms with Gasteiger partial charge in [0.1, 0.15) is 5.75 Å². The van der Waals surface area contributed by atoms with Crippen LogP contribution in [-0.2, 0) is 14.8 Å². The molecule has 0 saturated heterocycles. The highest BCUT2D eigenvalue weighted by Gasteiger charge is 2.25. The number of nitrogens with one attached hydrogen (secondary N) is 1. The molecule has 3 aromatic rings. The normalized spacial score (nSPS) is 11.0. The van der Waals surface area contributed by atoms with Gasteiger partial charge in [-0.05, 0) is 48.9 Å². The predicted molar refractivity (Wildman–Crippen MR) is 134 cm³/mol. The summed E-state index contributed by atoms with van der Waals surface area (Å²) in [6, 6.07) is 18.2. The van der Waals surface area contributed by atoms with E-state index < -0.39 is 21.8 Å². The highest BCUT2D eigenvalue weighted by atomic mass is 32.2. The van der Waals surface area contributed by atoms with Gasteiger partial charge in [-0.25, -0.2) is 8.42 Å². The van der Waals surface area contributed by atoms with Gasteiger partial charge >= 0.3 is 0 Å². The molecular formula is C24H25N3O5S2. The second-order valence-electron chi connectivity index (χ2n) is 7.33. The van der Waals surface area contributed by atoms with Gasteiger partial charge in [0, 0.05) is 17.5 Å². The first-order valence-corrected chi connectivity index (χ1v) is 12.6. The molecule has 0 saturated carbocycles. The fourth-order valence-corrected chi connectivity index (χ4v) is 5.20. The number of ether oxygens (including phenoxy) is 1. The zero-order chi connectivity index (χ0) is 24.9. The summed E-state index contributed by atoms with van der Waals surface area (Å²) < 4.78 is 33.1. The number of carbonyl (C=O) groups excluding carboxylic acids is 2. The number of sulfonamides is 1. The summed E-state index contributed by atoms with van der Waals surface area (Å²) in [7, 11) is -1.08. The van der Waals surface area contributed by atoms with Crippen molar-refractivity contribution in [2.24, 2.45) is 5.73 Å². The van der Waals surface area contributed by atoms with Crippen LogP contribution < -0.4 is 20.1 Å². The number of anilines is 2. The Hall–Kier alpha value is -3.50. The SMILES string of the molecule is COc1ccccc1N(C)S(=O)(=O)c1ccc(C)c(C(=O)Nc2ccccc2SCC(N)=O)c1. The molecule has 0 fully saturated rings. The van der Waals surface area contributed by atoms with E-state index in [-0.39, 0.29) is 16.2 Å². The number of hydrogen-bond acceptors (Lipinski definition) is 6. The van der Waals surface area contributed by atoms with Gasteiger partial charge in [-0.15, -0.1) is 11.8 Å². The Kier molecular flexibility index (Phi) is 7.85. The molecular weight excluding hydrogens is 474 g/mol. The lowest BCUT2D eigenvalue weighted by Crippen LogP contribution is -2.27. The summed E-state index contributed by atoms with van der Waals surface area (Å²) in [5.74, 6) is -0.473. The maximum Gasteiger partial charge on any atom is 0.264 e.